The lowest BCUT2D eigenvalue weighted by Gasteiger charge is -2.26. The average Bonchev–Trinajstić information content (AvgIpc) is 3.10. The molecule has 0 radical (unpaired) electrons. The first kappa shape index (κ1) is 27.8. The van der Waals surface area contributed by atoms with E-state index in [4.69, 9.17) is 14.4 Å². The molecule has 0 bridgehead atoms. The molecule has 0 unspecified atom stereocenters. The van der Waals surface area contributed by atoms with Crippen LogP contribution in [0.1, 0.15) is 30.4 Å². The third-order valence-corrected chi connectivity index (χ3v) is 6.92. The molecule has 6 atom stereocenters. The van der Waals surface area contributed by atoms with Gasteiger partial charge in [0.15, 0.2) is 18.5 Å². The summed E-state index contributed by atoms with van der Waals surface area (Å²) in [5, 5.41) is 34.9. The molecule has 0 amide bonds. The van der Waals surface area contributed by atoms with Crippen LogP contribution in [0.5, 0.6) is 0 Å². The third kappa shape index (κ3) is 6.79. The average molecular weight is 506 g/mol. The third-order valence-electron chi connectivity index (χ3n) is 4.96. The molecule has 15 heteroatoms. The summed E-state index contributed by atoms with van der Waals surface area (Å²) in [6, 6.07) is 0.570. The quantitative estimate of drug-likeness (QED) is 0.135. The van der Waals surface area contributed by atoms with Crippen molar-refractivity contribution in [1.82, 2.24) is 10.2 Å². The summed E-state index contributed by atoms with van der Waals surface area (Å²) in [6.45, 7) is 2.19. The fourth-order valence-corrected chi connectivity index (χ4v) is 4.96. The number of methoxy groups -OCH3 is 2. The van der Waals surface area contributed by atoms with Gasteiger partial charge in [0, 0.05) is 6.07 Å². The number of hydrogen-bond acceptors (Lipinski definition) is 10. The Kier molecular flexibility index (Phi) is 9.64. The standard InChI is InChI=1S/C19H28N3O11P/c1-10(18(27)30-3)20-34(29,21-11(2)19(28)31-4)32-9-13-14(23)15(24)16(33-13)22-7-5-6-12(8-22)17(25)26/h5-8,10-11,13-16,23-24H,9H2,1-4H3,(H2-,20,21,25,26,29)/p+1/t10-,11-,13+,14+,15+,16+/m0/s1. The number of carbonyl (C=O) groups is 3. The van der Waals surface area contributed by atoms with E-state index in [0.717, 1.165) is 14.2 Å². The van der Waals surface area contributed by atoms with Gasteiger partial charge >= 0.3 is 25.6 Å². The second-order valence-electron chi connectivity index (χ2n) is 7.49. The van der Waals surface area contributed by atoms with Crippen LogP contribution in [-0.2, 0) is 32.9 Å². The first-order chi connectivity index (χ1) is 15.9. The van der Waals surface area contributed by atoms with Crippen LogP contribution in [0.15, 0.2) is 24.5 Å². The van der Waals surface area contributed by atoms with Crippen molar-refractivity contribution >= 4 is 25.6 Å². The van der Waals surface area contributed by atoms with Crippen LogP contribution in [0.2, 0.25) is 0 Å². The molecule has 1 aliphatic rings. The Morgan fingerprint density at radius 2 is 1.68 bits per heavy atom. The van der Waals surface area contributed by atoms with Crippen LogP contribution in [-0.4, -0.2) is 84.4 Å². The van der Waals surface area contributed by atoms with Crippen molar-refractivity contribution in [3.8, 4) is 0 Å². The number of ether oxygens (including phenoxy) is 3. The highest BCUT2D eigenvalue weighted by molar-refractivity contribution is 7.54. The molecule has 1 aromatic rings. The predicted molar refractivity (Wildman–Crippen MR) is 112 cm³/mol. The number of carboxylic acids is 1. The molecule has 0 aromatic carbocycles. The summed E-state index contributed by atoms with van der Waals surface area (Å²) < 4.78 is 34.9. The first-order valence-corrected chi connectivity index (χ1v) is 11.8. The number of rotatable bonds is 11. The molecule has 0 spiro atoms. The predicted octanol–water partition coefficient (Wildman–Crippen LogP) is -1.28. The normalized spacial score (nSPS) is 24.3. The minimum Gasteiger partial charge on any atom is -0.477 e. The van der Waals surface area contributed by atoms with Gasteiger partial charge in [-0.25, -0.2) is 15.0 Å². The number of nitrogens with zero attached hydrogens (tertiary/aromatic N) is 1. The zero-order valence-corrected chi connectivity index (χ0v) is 19.9. The van der Waals surface area contributed by atoms with E-state index in [1.807, 2.05) is 0 Å². The number of hydrogen-bond donors (Lipinski definition) is 5. The number of aliphatic hydroxyl groups excluding tert-OH is 2. The number of nitrogens with one attached hydrogen (secondary N) is 2. The topological polar surface area (TPSA) is 194 Å². The number of aromatic nitrogens is 1. The number of esters is 2. The molecule has 34 heavy (non-hydrogen) atoms. The monoisotopic (exact) mass is 506 g/mol. The van der Waals surface area contributed by atoms with Gasteiger partial charge in [-0.2, -0.15) is 4.57 Å². The maximum absolute atomic E-state index is 13.4. The van der Waals surface area contributed by atoms with Gasteiger partial charge in [-0.3, -0.25) is 14.2 Å². The SMILES string of the molecule is COC(=O)[C@H](C)NP(=O)(N[C@@H](C)C(=O)OC)OC[C@H]1O[C@@H]([n+]2cccc(C(=O)O)c2)[C@H](O)[C@@H]1O. The molecule has 0 saturated carbocycles. The molecule has 190 valence electrons. The molecular weight excluding hydrogens is 477 g/mol. The second-order valence-corrected chi connectivity index (χ2v) is 9.36. The molecule has 5 N–H and O–H groups in total. The Balaban J connectivity index is 2.17. The summed E-state index contributed by atoms with van der Waals surface area (Å²) in [7, 11) is -1.86. The van der Waals surface area contributed by atoms with Crippen molar-refractivity contribution in [3.05, 3.63) is 30.1 Å². The lowest BCUT2D eigenvalue weighted by Crippen LogP contribution is -2.46. The highest BCUT2D eigenvalue weighted by atomic mass is 31.2. The summed E-state index contributed by atoms with van der Waals surface area (Å²) >= 11 is 0. The van der Waals surface area contributed by atoms with Gasteiger partial charge in [0.1, 0.15) is 29.9 Å². The minimum absolute atomic E-state index is 0.0704. The molecule has 1 fully saturated rings. The largest absolute Gasteiger partial charge is 0.477 e. The Morgan fingerprint density at radius 1 is 1.12 bits per heavy atom. The lowest BCUT2D eigenvalue weighted by atomic mass is 10.1. The van der Waals surface area contributed by atoms with E-state index in [1.54, 1.807) is 0 Å². The summed E-state index contributed by atoms with van der Waals surface area (Å²) in [6.07, 6.45) is -2.65. The summed E-state index contributed by atoms with van der Waals surface area (Å²) in [5.74, 6) is -2.70. The van der Waals surface area contributed by atoms with Crippen molar-refractivity contribution in [2.45, 2.75) is 50.5 Å². The second kappa shape index (κ2) is 11.8. The zero-order chi connectivity index (χ0) is 25.6. The number of pyridine rings is 1. The number of carbonyl (C=O) groups excluding carboxylic acids is 2. The Morgan fingerprint density at radius 3 is 2.18 bits per heavy atom. The fraction of sp³-hybridized carbons (Fsp3) is 0.579. The molecule has 14 nitrogen and oxygen atoms in total. The van der Waals surface area contributed by atoms with Crippen molar-refractivity contribution in [1.29, 1.82) is 0 Å². The van der Waals surface area contributed by atoms with Crippen molar-refractivity contribution in [2.24, 2.45) is 0 Å². The van der Waals surface area contributed by atoms with Crippen LogP contribution >= 0.6 is 7.67 Å². The lowest BCUT2D eigenvalue weighted by molar-refractivity contribution is -0.765. The maximum atomic E-state index is 13.4. The molecular formula is C19H29N3O11P+. The van der Waals surface area contributed by atoms with Crippen LogP contribution in [0.25, 0.3) is 0 Å². The molecule has 1 aromatic heterocycles. The van der Waals surface area contributed by atoms with Crippen molar-refractivity contribution < 1.29 is 57.6 Å². The highest BCUT2D eigenvalue weighted by Gasteiger charge is 2.49. The smallest absolute Gasteiger partial charge is 0.342 e. The Bertz CT molecular complexity index is 918. The maximum Gasteiger partial charge on any atom is 0.342 e. The van der Waals surface area contributed by atoms with Crippen LogP contribution in [0.3, 0.4) is 0 Å². The molecule has 2 heterocycles. The fourth-order valence-electron chi connectivity index (χ4n) is 3.15. The van der Waals surface area contributed by atoms with Gasteiger partial charge < -0.3 is 34.1 Å². The molecule has 2 rings (SSSR count). The van der Waals surface area contributed by atoms with Crippen molar-refractivity contribution in [2.75, 3.05) is 20.8 Å². The van der Waals surface area contributed by atoms with Gasteiger partial charge in [0.25, 0.3) is 6.23 Å². The molecule has 0 aliphatic carbocycles. The van der Waals surface area contributed by atoms with E-state index in [-0.39, 0.29) is 5.56 Å². The van der Waals surface area contributed by atoms with Crippen LogP contribution in [0.4, 0.5) is 0 Å². The summed E-state index contributed by atoms with van der Waals surface area (Å²) in [5.41, 5.74) is -0.0704. The van der Waals surface area contributed by atoms with Crippen LogP contribution in [0, 0.1) is 0 Å². The number of carboxylic acid groups (broad SMARTS) is 1. The van der Waals surface area contributed by atoms with E-state index >= 15 is 0 Å². The minimum atomic E-state index is -4.14. The van der Waals surface area contributed by atoms with Crippen molar-refractivity contribution in [3.63, 3.8) is 0 Å². The van der Waals surface area contributed by atoms with E-state index in [2.05, 4.69) is 19.6 Å². The Hall–Kier alpha value is -2.45. The van der Waals surface area contributed by atoms with Gasteiger partial charge in [0.2, 0.25) is 0 Å². The molecule has 1 saturated heterocycles. The van der Waals surface area contributed by atoms with Gasteiger partial charge in [-0.05, 0) is 19.9 Å². The van der Waals surface area contributed by atoms with Crippen LogP contribution < -0.4 is 14.7 Å². The first-order valence-electron chi connectivity index (χ1n) is 10.1. The zero-order valence-electron chi connectivity index (χ0n) is 19.0. The highest BCUT2D eigenvalue weighted by Crippen LogP contribution is 2.40. The molecule has 1 aliphatic heterocycles. The number of aliphatic hydroxyl groups is 2. The van der Waals surface area contributed by atoms with E-state index in [1.165, 1.54) is 42.9 Å². The van der Waals surface area contributed by atoms with E-state index in [9.17, 15) is 29.2 Å². The van der Waals surface area contributed by atoms with E-state index in [0.29, 0.717) is 0 Å². The Labute approximate surface area is 195 Å². The van der Waals surface area contributed by atoms with Gasteiger partial charge in [-0.15, -0.1) is 0 Å². The van der Waals surface area contributed by atoms with Gasteiger partial charge in [0.05, 0.1) is 20.8 Å². The van der Waals surface area contributed by atoms with E-state index < -0.39 is 68.8 Å². The summed E-state index contributed by atoms with van der Waals surface area (Å²) in [4.78, 5) is 34.8. The number of aromatic carboxylic acids is 1. The van der Waals surface area contributed by atoms with Gasteiger partial charge in [-0.1, -0.05) is 0 Å².